The van der Waals surface area contributed by atoms with Gasteiger partial charge in [0.15, 0.2) is 0 Å². The lowest BCUT2D eigenvalue weighted by molar-refractivity contribution is -0.138. The summed E-state index contributed by atoms with van der Waals surface area (Å²) in [5.74, 6) is -0.586. The molecular formula is C7H11ClO3. The van der Waals surface area contributed by atoms with Gasteiger partial charge in [0.05, 0.1) is 6.42 Å². The van der Waals surface area contributed by atoms with E-state index in [1.54, 1.807) is 0 Å². The van der Waals surface area contributed by atoms with Crippen molar-refractivity contribution in [3.05, 3.63) is 0 Å². The van der Waals surface area contributed by atoms with Crippen molar-refractivity contribution in [2.45, 2.75) is 27.2 Å². The second kappa shape index (κ2) is 3.72. The molecule has 0 spiro atoms. The van der Waals surface area contributed by atoms with Crippen molar-refractivity contribution < 1.29 is 14.3 Å². The fourth-order valence-electron chi connectivity index (χ4n) is 0.559. The van der Waals surface area contributed by atoms with Crippen molar-refractivity contribution in [3.63, 3.8) is 0 Å². The van der Waals surface area contributed by atoms with Crippen LogP contribution in [0.15, 0.2) is 0 Å². The van der Waals surface area contributed by atoms with E-state index in [2.05, 4.69) is 4.74 Å². The molecule has 0 aromatic rings. The molecule has 0 aromatic carbocycles. The van der Waals surface area contributed by atoms with Gasteiger partial charge in [-0.1, -0.05) is 20.8 Å². The summed E-state index contributed by atoms with van der Waals surface area (Å²) in [4.78, 5) is 20.8. The van der Waals surface area contributed by atoms with Crippen molar-refractivity contribution in [1.82, 2.24) is 0 Å². The van der Waals surface area contributed by atoms with Crippen LogP contribution in [0.4, 0.5) is 4.79 Å². The first kappa shape index (κ1) is 10.4. The molecule has 0 fully saturated rings. The molecule has 0 aliphatic rings. The minimum absolute atomic E-state index is 0.177. The summed E-state index contributed by atoms with van der Waals surface area (Å²) in [7, 11) is 0. The zero-order valence-electron chi connectivity index (χ0n) is 6.81. The standard InChI is InChI=1S/C7H11ClO3/c1-7(2,3)4-5(9)11-6(8)10/h4H2,1-3H3. The summed E-state index contributed by atoms with van der Waals surface area (Å²) in [6, 6.07) is 0. The Morgan fingerprint density at radius 1 is 1.36 bits per heavy atom. The van der Waals surface area contributed by atoms with Crippen LogP contribution >= 0.6 is 11.6 Å². The van der Waals surface area contributed by atoms with Crippen LogP contribution in [0.5, 0.6) is 0 Å². The monoisotopic (exact) mass is 178 g/mol. The summed E-state index contributed by atoms with van der Waals surface area (Å²) < 4.78 is 4.11. The molecule has 0 aromatic heterocycles. The zero-order chi connectivity index (χ0) is 9.07. The van der Waals surface area contributed by atoms with Crippen LogP contribution in [0.25, 0.3) is 0 Å². The Labute approximate surface area is 70.7 Å². The van der Waals surface area contributed by atoms with E-state index >= 15 is 0 Å². The van der Waals surface area contributed by atoms with Gasteiger partial charge in [0.1, 0.15) is 0 Å². The maximum Gasteiger partial charge on any atom is 0.411 e. The van der Waals surface area contributed by atoms with Crippen LogP contribution in [-0.4, -0.2) is 11.4 Å². The molecule has 11 heavy (non-hydrogen) atoms. The Morgan fingerprint density at radius 3 is 2.09 bits per heavy atom. The number of hydrogen-bond acceptors (Lipinski definition) is 3. The van der Waals surface area contributed by atoms with Crippen molar-refractivity contribution in [2.24, 2.45) is 5.41 Å². The van der Waals surface area contributed by atoms with Gasteiger partial charge in [-0.25, -0.2) is 4.79 Å². The third-order valence-corrected chi connectivity index (χ3v) is 0.946. The summed E-state index contributed by atoms with van der Waals surface area (Å²) in [6.45, 7) is 5.60. The smallest absolute Gasteiger partial charge is 0.381 e. The molecule has 0 aliphatic heterocycles. The molecule has 0 saturated carbocycles. The maximum absolute atomic E-state index is 10.7. The average Bonchev–Trinajstić information content (AvgIpc) is 1.53. The topological polar surface area (TPSA) is 43.4 Å². The van der Waals surface area contributed by atoms with E-state index in [0.717, 1.165) is 0 Å². The van der Waals surface area contributed by atoms with Gasteiger partial charge in [0.25, 0.3) is 0 Å². The first-order valence-electron chi connectivity index (χ1n) is 3.21. The number of rotatable bonds is 1. The Hall–Kier alpha value is -0.570. The number of carbonyl (C=O) groups excluding carboxylic acids is 2. The van der Waals surface area contributed by atoms with Gasteiger partial charge >= 0.3 is 11.4 Å². The fourth-order valence-corrected chi connectivity index (χ4v) is 0.645. The highest BCUT2D eigenvalue weighted by atomic mass is 35.5. The molecule has 0 radical (unpaired) electrons. The summed E-state index contributed by atoms with van der Waals surface area (Å²) in [5.41, 5.74) is -1.25. The average molecular weight is 179 g/mol. The van der Waals surface area contributed by atoms with Crippen LogP contribution in [0.3, 0.4) is 0 Å². The van der Waals surface area contributed by atoms with E-state index in [-0.39, 0.29) is 11.8 Å². The van der Waals surface area contributed by atoms with Crippen LogP contribution in [-0.2, 0) is 9.53 Å². The molecule has 0 amide bonds. The van der Waals surface area contributed by atoms with Gasteiger partial charge < -0.3 is 4.74 Å². The predicted molar refractivity (Wildman–Crippen MR) is 41.4 cm³/mol. The van der Waals surface area contributed by atoms with Crippen molar-refractivity contribution in [3.8, 4) is 0 Å². The molecule has 0 atom stereocenters. The molecule has 4 heteroatoms. The maximum atomic E-state index is 10.7. The number of carbonyl (C=O) groups is 2. The number of ether oxygens (including phenoxy) is 1. The van der Waals surface area contributed by atoms with Crippen LogP contribution < -0.4 is 0 Å². The van der Waals surface area contributed by atoms with E-state index in [1.807, 2.05) is 20.8 Å². The molecular weight excluding hydrogens is 168 g/mol. The minimum Gasteiger partial charge on any atom is -0.381 e. The van der Waals surface area contributed by atoms with Crippen molar-refractivity contribution in [2.75, 3.05) is 0 Å². The third-order valence-electron chi connectivity index (χ3n) is 0.869. The van der Waals surface area contributed by atoms with Crippen LogP contribution in [0.1, 0.15) is 27.2 Å². The molecule has 0 unspecified atom stereocenters. The van der Waals surface area contributed by atoms with E-state index < -0.39 is 11.4 Å². The number of hydrogen-bond donors (Lipinski definition) is 0. The van der Waals surface area contributed by atoms with Gasteiger partial charge in [-0.3, -0.25) is 4.79 Å². The lowest BCUT2D eigenvalue weighted by Gasteiger charge is -2.14. The minimum atomic E-state index is -1.07. The molecule has 0 aliphatic carbocycles. The van der Waals surface area contributed by atoms with Gasteiger partial charge in [-0.15, -0.1) is 0 Å². The summed E-state index contributed by atoms with van der Waals surface area (Å²) in [5, 5.41) is 0. The lowest BCUT2D eigenvalue weighted by Crippen LogP contribution is -2.16. The van der Waals surface area contributed by atoms with Crippen LogP contribution in [0.2, 0.25) is 0 Å². The molecule has 0 rings (SSSR count). The Morgan fingerprint density at radius 2 is 1.82 bits per heavy atom. The first-order valence-corrected chi connectivity index (χ1v) is 3.59. The first-order chi connectivity index (χ1) is 4.81. The molecule has 0 saturated heterocycles. The van der Waals surface area contributed by atoms with Gasteiger partial charge in [0.2, 0.25) is 0 Å². The van der Waals surface area contributed by atoms with E-state index in [4.69, 9.17) is 11.6 Å². The third kappa shape index (κ3) is 7.33. The second-order valence-corrected chi connectivity index (χ2v) is 3.76. The van der Waals surface area contributed by atoms with Crippen LogP contribution in [0, 0.1) is 5.41 Å². The fraction of sp³-hybridized carbons (Fsp3) is 0.714. The highest BCUT2D eigenvalue weighted by Gasteiger charge is 2.18. The number of esters is 1. The second-order valence-electron chi connectivity index (χ2n) is 3.45. The van der Waals surface area contributed by atoms with E-state index in [9.17, 15) is 9.59 Å². The molecule has 0 heterocycles. The Balaban J connectivity index is 3.80. The largest absolute Gasteiger partial charge is 0.411 e. The zero-order valence-corrected chi connectivity index (χ0v) is 7.57. The van der Waals surface area contributed by atoms with Gasteiger partial charge in [0, 0.05) is 11.6 Å². The van der Waals surface area contributed by atoms with E-state index in [1.165, 1.54) is 0 Å². The molecule has 64 valence electrons. The molecule has 0 N–H and O–H groups in total. The van der Waals surface area contributed by atoms with Gasteiger partial charge in [-0.2, -0.15) is 0 Å². The summed E-state index contributed by atoms with van der Waals surface area (Å²) >= 11 is 4.82. The predicted octanol–water partition coefficient (Wildman–Crippen LogP) is 2.32. The van der Waals surface area contributed by atoms with Gasteiger partial charge in [-0.05, 0) is 5.41 Å². The van der Waals surface area contributed by atoms with Crippen molar-refractivity contribution >= 4 is 23.0 Å². The highest BCUT2D eigenvalue weighted by Crippen LogP contribution is 2.18. The summed E-state index contributed by atoms with van der Waals surface area (Å²) in [6.07, 6.45) is 0.186. The Bertz CT molecular complexity index is 169. The molecule has 3 nitrogen and oxygen atoms in total. The number of halogens is 1. The Kier molecular flexibility index (Phi) is 3.52. The van der Waals surface area contributed by atoms with E-state index in [0.29, 0.717) is 0 Å². The highest BCUT2D eigenvalue weighted by molar-refractivity contribution is 6.61. The lowest BCUT2D eigenvalue weighted by atomic mass is 9.93. The quantitative estimate of drug-likeness (QED) is 0.352. The SMILES string of the molecule is CC(C)(C)CC(=O)OC(=O)Cl. The molecule has 0 bridgehead atoms. The normalized spacial score (nSPS) is 10.9. The van der Waals surface area contributed by atoms with Crippen molar-refractivity contribution in [1.29, 1.82) is 0 Å².